The van der Waals surface area contributed by atoms with E-state index in [0.29, 0.717) is 17.3 Å². The third-order valence-electron chi connectivity index (χ3n) is 8.56. The maximum Gasteiger partial charge on any atom is 0.266 e. The van der Waals surface area contributed by atoms with Gasteiger partial charge in [-0.2, -0.15) is 5.10 Å². The minimum atomic E-state index is -2.94. The van der Waals surface area contributed by atoms with Crippen LogP contribution in [0.1, 0.15) is 73.0 Å². The van der Waals surface area contributed by atoms with Crippen LogP contribution in [0.2, 0.25) is 0 Å². The number of pyridine rings is 1. The number of anilines is 1. The van der Waals surface area contributed by atoms with Crippen LogP contribution >= 0.6 is 0 Å². The van der Waals surface area contributed by atoms with Gasteiger partial charge >= 0.3 is 0 Å². The van der Waals surface area contributed by atoms with Crippen molar-refractivity contribution >= 4 is 17.2 Å². The number of benzene rings is 1. The second-order valence-corrected chi connectivity index (χ2v) is 10.7. The molecule has 3 atom stereocenters. The van der Waals surface area contributed by atoms with Crippen LogP contribution < -0.4 is 10.2 Å². The van der Waals surface area contributed by atoms with Gasteiger partial charge in [0.15, 0.2) is 5.65 Å². The molecule has 202 valence electrons. The number of alkyl halides is 2. The maximum atomic E-state index is 14.6. The van der Waals surface area contributed by atoms with Gasteiger partial charge in [0, 0.05) is 36.4 Å². The van der Waals surface area contributed by atoms with Crippen molar-refractivity contribution in [2.45, 2.75) is 69.2 Å². The molecule has 1 saturated carbocycles. The van der Waals surface area contributed by atoms with Crippen molar-refractivity contribution in [1.29, 1.82) is 0 Å². The molecule has 38 heavy (non-hydrogen) atoms. The predicted octanol–water partition coefficient (Wildman–Crippen LogP) is 3.87. The van der Waals surface area contributed by atoms with E-state index in [0.717, 1.165) is 63.5 Å². The van der Waals surface area contributed by atoms with Gasteiger partial charge in [-0.15, -0.1) is 0 Å². The SMILES string of the molecule is C[C@@H](NC(=O)c1cc(N2CCC(N3CCCC34C[C@H]4O)CC2)c2ncnn2c1)c1cccc(C(F)F)c1F. The zero-order chi connectivity index (χ0) is 26.6. The number of nitrogens with one attached hydrogen (secondary N) is 1. The van der Waals surface area contributed by atoms with Crippen molar-refractivity contribution in [1.82, 2.24) is 24.8 Å². The smallest absolute Gasteiger partial charge is 0.266 e. The van der Waals surface area contributed by atoms with Crippen molar-refractivity contribution in [2.75, 3.05) is 24.5 Å². The molecule has 2 aliphatic heterocycles. The van der Waals surface area contributed by atoms with Crippen LogP contribution in [0.4, 0.5) is 18.9 Å². The fourth-order valence-corrected chi connectivity index (χ4v) is 6.43. The lowest BCUT2D eigenvalue weighted by molar-refractivity contribution is 0.0938. The first-order chi connectivity index (χ1) is 18.3. The number of aromatic nitrogens is 3. The second kappa shape index (κ2) is 9.53. The Morgan fingerprint density at radius 3 is 2.66 bits per heavy atom. The first kappa shape index (κ1) is 25.1. The van der Waals surface area contributed by atoms with Crippen molar-refractivity contribution in [3.63, 3.8) is 0 Å². The molecule has 1 aliphatic carbocycles. The Labute approximate surface area is 218 Å². The molecule has 2 aromatic heterocycles. The van der Waals surface area contributed by atoms with Gasteiger partial charge in [0.2, 0.25) is 0 Å². The number of likely N-dealkylation sites (tertiary alicyclic amines) is 1. The van der Waals surface area contributed by atoms with Crippen LogP contribution in [0.25, 0.3) is 5.65 Å². The number of aliphatic hydroxyl groups excluding tert-OH is 1. The summed E-state index contributed by atoms with van der Waals surface area (Å²) in [5.74, 6) is -1.47. The van der Waals surface area contributed by atoms with Gasteiger partial charge in [0.25, 0.3) is 12.3 Å². The Bertz CT molecular complexity index is 1360. The van der Waals surface area contributed by atoms with E-state index in [9.17, 15) is 23.1 Å². The van der Waals surface area contributed by atoms with Crippen LogP contribution in [0.3, 0.4) is 0 Å². The highest BCUT2D eigenvalue weighted by molar-refractivity contribution is 5.96. The van der Waals surface area contributed by atoms with Gasteiger partial charge in [-0.3, -0.25) is 9.69 Å². The normalized spacial score (nSPS) is 25.0. The summed E-state index contributed by atoms with van der Waals surface area (Å²) in [6.45, 7) is 4.16. The lowest BCUT2D eigenvalue weighted by atomic mass is 10.0. The van der Waals surface area contributed by atoms with E-state index in [1.54, 1.807) is 23.7 Å². The van der Waals surface area contributed by atoms with Gasteiger partial charge in [-0.25, -0.2) is 22.7 Å². The highest BCUT2D eigenvalue weighted by Gasteiger charge is 2.61. The number of hydrogen-bond acceptors (Lipinski definition) is 6. The molecular weight excluding hydrogens is 497 g/mol. The topological polar surface area (TPSA) is 86.0 Å². The summed E-state index contributed by atoms with van der Waals surface area (Å²) < 4.78 is 42.5. The number of fused-ring (bicyclic) bond motifs is 1. The average Bonchev–Trinajstić information content (AvgIpc) is 3.24. The molecule has 3 aliphatic rings. The van der Waals surface area contributed by atoms with Gasteiger partial charge in [-0.05, 0) is 51.6 Å². The predicted molar refractivity (Wildman–Crippen MR) is 135 cm³/mol. The van der Waals surface area contributed by atoms with Crippen LogP contribution in [-0.2, 0) is 0 Å². The highest BCUT2D eigenvalue weighted by atomic mass is 19.3. The minimum Gasteiger partial charge on any atom is -0.391 e. The van der Waals surface area contributed by atoms with Gasteiger partial charge in [0.1, 0.15) is 12.1 Å². The number of rotatable bonds is 6. The molecule has 1 spiro atoms. The maximum absolute atomic E-state index is 14.6. The zero-order valence-corrected chi connectivity index (χ0v) is 21.2. The molecular formula is C27H31F3N6O2. The number of aliphatic hydroxyl groups is 1. The Hall–Kier alpha value is -3.18. The summed E-state index contributed by atoms with van der Waals surface area (Å²) in [5.41, 5.74) is 1.05. The first-order valence-corrected chi connectivity index (χ1v) is 13.2. The van der Waals surface area contributed by atoms with Gasteiger partial charge in [-0.1, -0.05) is 18.2 Å². The summed E-state index contributed by atoms with van der Waals surface area (Å²) in [5, 5.41) is 17.2. The molecule has 2 N–H and O–H groups in total. The number of nitrogens with zero attached hydrogens (tertiary/aromatic N) is 5. The Balaban J connectivity index is 1.19. The van der Waals surface area contributed by atoms with Crippen molar-refractivity contribution in [2.24, 2.45) is 0 Å². The molecule has 11 heteroatoms. The largest absolute Gasteiger partial charge is 0.391 e. The highest BCUT2D eigenvalue weighted by Crippen LogP contribution is 2.51. The number of halogens is 3. The van der Waals surface area contributed by atoms with Crippen LogP contribution in [0.15, 0.2) is 36.8 Å². The summed E-state index contributed by atoms with van der Waals surface area (Å²) in [6.07, 6.45) is 4.82. The molecule has 6 rings (SSSR count). The van der Waals surface area contributed by atoms with E-state index in [-0.39, 0.29) is 17.2 Å². The second-order valence-electron chi connectivity index (χ2n) is 10.7. The van der Waals surface area contributed by atoms with Crippen LogP contribution in [0.5, 0.6) is 0 Å². The third-order valence-corrected chi connectivity index (χ3v) is 8.56. The molecule has 3 aromatic rings. The molecule has 1 unspecified atom stereocenters. The van der Waals surface area contributed by atoms with Crippen LogP contribution in [0, 0.1) is 5.82 Å². The summed E-state index contributed by atoms with van der Waals surface area (Å²) in [6, 6.07) is 5.17. The molecule has 0 bridgehead atoms. The standard InChI is InChI=1S/C27H31F3N6O2/c1-16(19-4-2-5-20(23(19)28)24(29)30)33-26(38)17-12-21(25-31-15-32-36(25)14-17)34-10-6-18(7-11-34)35-9-3-8-27(35)13-22(27)37/h2,4-5,12,14-16,18,22,24,37H,3,6-11,13H2,1H3,(H,33,38)/t16-,22-,27?/m1/s1. The molecule has 0 radical (unpaired) electrons. The van der Waals surface area contributed by atoms with Crippen molar-refractivity contribution in [3.8, 4) is 0 Å². The zero-order valence-electron chi connectivity index (χ0n) is 21.2. The monoisotopic (exact) mass is 528 g/mol. The van der Waals surface area contributed by atoms with Crippen molar-refractivity contribution in [3.05, 3.63) is 59.3 Å². The Morgan fingerprint density at radius 2 is 1.95 bits per heavy atom. The van der Waals surface area contributed by atoms with Gasteiger partial charge in [0.05, 0.1) is 29.0 Å². The van der Waals surface area contributed by atoms with E-state index in [1.165, 1.54) is 18.5 Å². The number of carbonyl (C=O) groups is 1. The molecule has 4 heterocycles. The summed E-state index contributed by atoms with van der Waals surface area (Å²) >= 11 is 0. The molecule has 1 aromatic carbocycles. The fraction of sp³-hybridized carbons (Fsp3) is 0.519. The number of hydrogen-bond donors (Lipinski definition) is 2. The molecule has 1 amide bonds. The third kappa shape index (κ3) is 4.21. The first-order valence-electron chi connectivity index (χ1n) is 13.2. The van der Waals surface area contributed by atoms with Gasteiger partial charge < -0.3 is 15.3 Å². The van der Waals surface area contributed by atoms with Crippen molar-refractivity contribution < 1.29 is 23.1 Å². The summed E-state index contributed by atoms with van der Waals surface area (Å²) in [7, 11) is 0. The molecule has 2 saturated heterocycles. The number of amides is 1. The van der Waals surface area contributed by atoms with E-state index < -0.39 is 29.8 Å². The Kier molecular flexibility index (Phi) is 6.30. The summed E-state index contributed by atoms with van der Waals surface area (Å²) in [4.78, 5) is 22.3. The van der Waals surface area contributed by atoms with Crippen LogP contribution in [-0.4, -0.2) is 67.8 Å². The minimum absolute atomic E-state index is 0.000690. The fourth-order valence-electron chi connectivity index (χ4n) is 6.43. The van der Waals surface area contributed by atoms with E-state index in [1.807, 2.05) is 0 Å². The number of piperidine rings is 1. The van der Waals surface area contributed by atoms with E-state index in [4.69, 9.17) is 0 Å². The molecule has 3 fully saturated rings. The average molecular weight is 529 g/mol. The lowest BCUT2D eigenvalue weighted by Crippen LogP contribution is -2.49. The molecule has 8 nitrogen and oxygen atoms in total. The quantitative estimate of drug-likeness (QED) is 0.506. The van der Waals surface area contributed by atoms with E-state index >= 15 is 0 Å². The lowest BCUT2D eigenvalue weighted by Gasteiger charge is -2.40. The number of carbonyl (C=O) groups excluding carboxylic acids is 1. The van der Waals surface area contributed by atoms with E-state index in [2.05, 4.69) is 25.2 Å². The Morgan fingerprint density at radius 1 is 1.21 bits per heavy atom.